The van der Waals surface area contributed by atoms with Gasteiger partial charge in [-0.1, -0.05) is 132 Å². The molecule has 0 amide bonds. The lowest BCUT2D eigenvalue weighted by Gasteiger charge is -2.08. The van der Waals surface area contributed by atoms with Gasteiger partial charge in [-0.15, -0.1) is 0 Å². The molecule has 0 saturated carbocycles. The third-order valence-electron chi connectivity index (χ3n) is 11.1. The van der Waals surface area contributed by atoms with Gasteiger partial charge in [0.25, 0.3) is 0 Å². The first-order valence-electron chi connectivity index (χ1n) is 20.0. The maximum atomic E-state index is 5.43. The molecule has 0 spiro atoms. The molecule has 5 aromatic carbocycles. The minimum absolute atomic E-state index is 0.874. The topological polar surface area (TPSA) is 57.4 Å². The van der Waals surface area contributed by atoms with Crippen LogP contribution in [0.3, 0.4) is 0 Å². The van der Waals surface area contributed by atoms with Crippen molar-refractivity contribution in [2.75, 3.05) is 0 Å². The molecule has 8 aromatic rings. The summed E-state index contributed by atoms with van der Waals surface area (Å²) in [7, 11) is 0. The Bertz CT molecular complexity index is 3040. The lowest BCUT2D eigenvalue weighted by atomic mass is 10.0. The predicted octanol–water partition coefficient (Wildman–Crippen LogP) is 13.6. The molecule has 10 rings (SSSR count). The number of fused-ring (bicyclic) bond motifs is 8. The number of hydrogen-bond acceptors (Lipinski definition) is 2. The van der Waals surface area contributed by atoms with Gasteiger partial charge >= 0.3 is 0 Å². The Morgan fingerprint density at radius 2 is 0.644 bits per heavy atom. The van der Waals surface area contributed by atoms with Gasteiger partial charge < -0.3 is 9.97 Å². The van der Waals surface area contributed by atoms with E-state index >= 15 is 0 Å². The molecule has 59 heavy (non-hydrogen) atoms. The van der Waals surface area contributed by atoms with Crippen molar-refractivity contribution in [1.82, 2.24) is 19.9 Å². The molecule has 280 valence electrons. The Morgan fingerprint density at radius 3 is 1.07 bits per heavy atom. The highest BCUT2D eigenvalue weighted by molar-refractivity contribution is 6.00. The second-order valence-corrected chi connectivity index (χ2v) is 15.3. The smallest absolute Gasteiger partial charge is 0.0738 e. The van der Waals surface area contributed by atoms with Crippen molar-refractivity contribution in [2.24, 2.45) is 0 Å². The number of H-pyrrole nitrogens is 2. The van der Waals surface area contributed by atoms with Crippen LogP contribution in [0.5, 0.6) is 0 Å². The molecule has 0 unspecified atom stereocenters. The quantitative estimate of drug-likeness (QED) is 0.176. The van der Waals surface area contributed by atoms with Gasteiger partial charge in [0.05, 0.1) is 22.8 Å². The van der Waals surface area contributed by atoms with Crippen molar-refractivity contribution in [3.63, 3.8) is 0 Å². The first-order chi connectivity index (χ1) is 28.9. The molecular weight excluding hydrogens is 717 g/mol. The van der Waals surface area contributed by atoms with E-state index < -0.39 is 0 Å². The average Bonchev–Trinajstić information content (AvgIpc) is 4.11. The largest absolute Gasteiger partial charge is 0.354 e. The van der Waals surface area contributed by atoms with E-state index in [1.165, 1.54) is 16.7 Å². The fourth-order valence-electron chi connectivity index (χ4n) is 7.97. The molecule has 0 saturated heterocycles. The van der Waals surface area contributed by atoms with E-state index in [-0.39, 0.29) is 0 Å². The van der Waals surface area contributed by atoms with Gasteiger partial charge in [-0.3, -0.25) is 0 Å². The van der Waals surface area contributed by atoms with Crippen LogP contribution in [0, 0.1) is 32.6 Å². The van der Waals surface area contributed by atoms with E-state index in [0.717, 1.165) is 100 Å². The van der Waals surface area contributed by atoms with Crippen LogP contribution >= 0.6 is 0 Å². The van der Waals surface area contributed by atoms with Crippen LogP contribution in [0.2, 0.25) is 0 Å². The van der Waals surface area contributed by atoms with E-state index in [1.807, 2.05) is 30.3 Å². The molecule has 0 radical (unpaired) electrons. The minimum atomic E-state index is 0.874. The Morgan fingerprint density at radius 1 is 0.322 bits per heavy atom. The molecule has 0 atom stereocenters. The molecule has 3 aromatic heterocycles. The Hall–Kier alpha value is -7.74. The highest BCUT2D eigenvalue weighted by Crippen LogP contribution is 2.38. The molecule has 0 fully saturated rings. The Balaban J connectivity index is 1.30. The fraction of sp³-hybridized carbons (Fsp3) is 0.0545. The summed E-state index contributed by atoms with van der Waals surface area (Å²) in [6.45, 7) is 6.36. The number of aromatic amines is 2. The number of aromatic nitrogens is 4. The summed E-state index contributed by atoms with van der Waals surface area (Å²) in [6, 6.07) is 53.4. The Labute approximate surface area is 344 Å². The van der Waals surface area contributed by atoms with E-state index in [0.29, 0.717) is 0 Å². The maximum Gasteiger partial charge on any atom is 0.0738 e. The Kier molecular flexibility index (Phi) is 9.05. The summed E-state index contributed by atoms with van der Waals surface area (Å²) in [4.78, 5) is 18.6. The number of hydrogen-bond donors (Lipinski definition) is 2. The molecule has 4 heteroatoms. The van der Waals surface area contributed by atoms with Crippen molar-refractivity contribution in [3.05, 3.63) is 202 Å². The van der Waals surface area contributed by atoms with Gasteiger partial charge in [-0.25, -0.2) is 9.97 Å². The average molecular weight is 757 g/mol. The van der Waals surface area contributed by atoms with E-state index in [9.17, 15) is 0 Å². The highest BCUT2D eigenvalue weighted by atomic mass is 14.8. The monoisotopic (exact) mass is 756 g/mol. The molecule has 4 nitrogen and oxygen atoms in total. The van der Waals surface area contributed by atoms with Gasteiger partial charge in [-0.05, 0) is 116 Å². The minimum Gasteiger partial charge on any atom is -0.354 e. The van der Waals surface area contributed by atoms with E-state index in [4.69, 9.17) is 9.97 Å². The third-order valence-corrected chi connectivity index (χ3v) is 11.1. The van der Waals surface area contributed by atoms with Crippen LogP contribution in [0.4, 0.5) is 0 Å². The molecular formula is C55H40N4. The molecule has 2 aliphatic heterocycles. The summed E-state index contributed by atoms with van der Waals surface area (Å²) < 4.78 is 0. The van der Waals surface area contributed by atoms with Gasteiger partial charge in [0.2, 0.25) is 0 Å². The highest BCUT2D eigenvalue weighted by Gasteiger charge is 2.19. The van der Waals surface area contributed by atoms with Crippen LogP contribution in [-0.4, -0.2) is 19.9 Å². The van der Waals surface area contributed by atoms with Gasteiger partial charge in [0.1, 0.15) is 0 Å². The number of benzene rings is 5. The van der Waals surface area contributed by atoms with Gasteiger partial charge in [-0.2, -0.15) is 0 Å². The van der Waals surface area contributed by atoms with Crippen molar-refractivity contribution >= 4 is 46.4 Å². The van der Waals surface area contributed by atoms with Crippen molar-refractivity contribution < 1.29 is 0 Å². The van der Waals surface area contributed by atoms with E-state index in [2.05, 4.69) is 188 Å². The fourth-order valence-corrected chi connectivity index (χ4v) is 7.97. The van der Waals surface area contributed by atoms with Gasteiger partial charge in [0.15, 0.2) is 0 Å². The first kappa shape index (κ1) is 35.7. The SMILES string of the molecule is Cc1ccc(-c2c3nc(c(-c4ccc(C)cc4)c4ccc([nH]4)c(-c4ccc(C#Cc5ccccc5)cc4)c4ccc([nH]4)c(-c4ccc(C)cc4)c4nc2C=C4)C=C3)cc1. The molecule has 8 bridgehead atoms. The normalized spacial score (nSPS) is 11.7. The van der Waals surface area contributed by atoms with Crippen LogP contribution < -0.4 is 0 Å². The molecule has 2 N–H and O–H groups in total. The van der Waals surface area contributed by atoms with Crippen molar-refractivity contribution in [2.45, 2.75) is 20.8 Å². The van der Waals surface area contributed by atoms with Crippen molar-refractivity contribution in [3.8, 4) is 56.3 Å². The number of nitrogens with one attached hydrogen (secondary N) is 2. The second-order valence-electron chi connectivity index (χ2n) is 15.3. The lowest BCUT2D eigenvalue weighted by Crippen LogP contribution is -1.91. The van der Waals surface area contributed by atoms with Crippen LogP contribution in [0.25, 0.3) is 90.9 Å². The predicted molar refractivity (Wildman–Crippen MR) is 247 cm³/mol. The summed E-state index contributed by atoms with van der Waals surface area (Å²) >= 11 is 0. The maximum absolute atomic E-state index is 5.43. The molecule has 0 aliphatic carbocycles. The number of aryl methyl sites for hydroxylation is 3. The number of nitrogens with zero attached hydrogens (tertiary/aromatic N) is 2. The van der Waals surface area contributed by atoms with Crippen LogP contribution in [0.15, 0.2) is 152 Å². The number of rotatable bonds is 4. The van der Waals surface area contributed by atoms with Crippen LogP contribution in [0.1, 0.15) is 50.6 Å². The summed E-state index contributed by atoms with van der Waals surface area (Å²) in [5, 5.41) is 0. The zero-order valence-electron chi connectivity index (χ0n) is 33.1. The second kappa shape index (κ2) is 15.0. The standard InChI is InChI=1S/C55H40N4/c1-35-9-19-40(20-10-35)52-44-27-29-46(56-44)53(41-21-11-36(2)12-22-41)48-31-33-50(58-48)55(43-25-17-39(18-26-43)16-15-38-7-5-4-6-8-38)51-34-32-49(59-51)54(47-30-28-45(52)57-47)42-23-13-37(3)14-24-42/h4-14,17-34,58-59H,1-3H3. The first-order valence-corrected chi connectivity index (χ1v) is 20.0. The third kappa shape index (κ3) is 7.01. The zero-order chi connectivity index (χ0) is 39.9. The van der Waals surface area contributed by atoms with E-state index in [1.54, 1.807) is 0 Å². The summed E-state index contributed by atoms with van der Waals surface area (Å²) in [5.74, 6) is 6.65. The molecule has 2 aliphatic rings. The lowest BCUT2D eigenvalue weighted by molar-refractivity contribution is 1.27. The summed E-state index contributed by atoms with van der Waals surface area (Å²) in [5.41, 5.74) is 21.4. The molecule has 5 heterocycles. The van der Waals surface area contributed by atoms with Crippen molar-refractivity contribution in [1.29, 1.82) is 0 Å². The zero-order valence-corrected chi connectivity index (χ0v) is 33.1. The van der Waals surface area contributed by atoms with Crippen LogP contribution in [-0.2, 0) is 0 Å². The summed E-state index contributed by atoms with van der Waals surface area (Å²) in [6.07, 6.45) is 8.55. The van der Waals surface area contributed by atoms with Gasteiger partial charge in [0, 0.05) is 55.4 Å².